The maximum atomic E-state index is 16.2. The van der Waals surface area contributed by atoms with Crippen molar-refractivity contribution in [3.05, 3.63) is 59.9 Å². The third-order valence-corrected chi connectivity index (χ3v) is 10.3. The number of fused-ring (bicyclic) bond motifs is 2. The van der Waals surface area contributed by atoms with Gasteiger partial charge in [0, 0.05) is 41.5 Å². The minimum absolute atomic E-state index is 0.119. The number of likely N-dealkylation sites (tertiary alicyclic amines) is 1. The summed E-state index contributed by atoms with van der Waals surface area (Å²) in [5, 5.41) is 20.5. The molecular formula is C34H35FN6O2S. The first-order chi connectivity index (χ1) is 21.4. The number of ether oxygens (including phenoxy) is 1. The van der Waals surface area contributed by atoms with E-state index in [0.717, 1.165) is 48.4 Å². The summed E-state index contributed by atoms with van der Waals surface area (Å²) in [6, 6.07) is 13.6. The van der Waals surface area contributed by atoms with Crippen LogP contribution in [-0.4, -0.2) is 78.4 Å². The van der Waals surface area contributed by atoms with Crippen LogP contribution in [0.5, 0.6) is 5.88 Å². The fraction of sp³-hybridized carbons (Fsp3) is 0.412. The van der Waals surface area contributed by atoms with Gasteiger partial charge in [0.25, 0.3) is 0 Å². The largest absolute Gasteiger partial charge is 0.475 e. The van der Waals surface area contributed by atoms with Crippen LogP contribution < -0.4 is 9.64 Å². The second-order valence-corrected chi connectivity index (χ2v) is 12.7. The monoisotopic (exact) mass is 610 g/mol. The molecule has 44 heavy (non-hydrogen) atoms. The molecule has 1 aromatic heterocycles. The molecule has 0 bridgehead atoms. The van der Waals surface area contributed by atoms with Crippen LogP contribution >= 0.6 is 11.8 Å². The molecule has 0 aliphatic carbocycles. The number of benzene rings is 2. The predicted octanol–water partition coefficient (Wildman–Crippen LogP) is 5.54. The fourth-order valence-corrected chi connectivity index (χ4v) is 7.88. The van der Waals surface area contributed by atoms with Gasteiger partial charge in [-0.25, -0.2) is 9.37 Å². The summed E-state index contributed by atoms with van der Waals surface area (Å²) in [5.41, 5.74) is 3.84. The van der Waals surface area contributed by atoms with Crippen molar-refractivity contribution in [1.82, 2.24) is 14.8 Å². The van der Waals surface area contributed by atoms with E-state index < -0.39 is 6.04 Å². The Hall–Kier alpha value is -4.12. The second-order valence-electron chi connectivity index (χ2n) is 11.6. The molecule has 226 valence electrons. The van der Waals surface area contributed by atoms with E-state index in [2.05, 4.69) is 36.7 Å². The number of thioether (sulfide) groups is 1. The van der Waals surface area contributed by atoms with E-state index in [0.29, 0.717) is 48.4 Å². The molecular weight excluding hydrogens is 575 g/mol. The van der Waals surface area contributed by atoms with Gasteiger partial charge in [-0.3, -0.25) is 4.79 Å². The van der Waals surface area contributed by atoms with E-state index in [-0.39, 0.29) is 35.6 Å². The van der Waals surface area contributed by atoms with Crippen molar-refractivity contribution in [3.63, 3.8) is 0 Å². The molecule has 0 unspecified atom stereocenters. The van der Waals surface area contributed by atoms with Gasteiger partial charge in [0.1, 0.15) is 24.1 Å². The van der Waals surface area contributed by atoms with Gasteiger partial charge in [0.15, 0.2) is 0 Å². The van der Waals surface area contributed by atoms with Crippen LogP contribution in [0.4, 0.5) is 10.1 Å². The quantitative estimate of drug-likeness (QED) is 0.322. The highest BCUT2D eigenvalue weighted by Crippen LogP contribution is 2.43. The molecule has 8 nitrogen and oxygen atoms in total. The maximum absolute atomic E-state index is 16.2. The number of halogens is 1. The first-order valence-electron chi connectivity index (χ1n) is 15.1. The predicted molar refractivity (Wildman–Crippen MR) is 170 cm³/mol. The van der Waals surface area contributed by atoms with Crippen LogP contribution in [0.1, 0.15) is 36.8 Å². The third-order valence-electron chi connectivity index (χ3n) is 9.02. The van der Waals surface area contributed by atoms with Gasteiger partial charge < -0.3 is 19.4 Å². The second kappa shape index (κ2) is 12.9. The minimum Gasteiger partial charge on any atom is -0.475 e. The number of rotatable bonds is 7. The van der Waals surface area contributed by atoms with Crippen molar-refractivity contribution >= 4 is 34.3 Å². The van der Waals surface area contributed by atoms with Crippen molar-refractivity contribution in [2.24, 2.45) is 0 Å². The Morgan fingerprint density at radius 2 is 2.07 bits per heavy atom. The third kappa shape index (κ3) is 5.60. The molecule has 10 heteroatoms. The molecule has 2 atom stereocenters. The van der Waals surface area contributed by atoms with Gasteiger partial charge in [-0.1, -0.05) is 24.8 Å². The Morgan fingerprint density at radius 1 is 1.20 bits per heavy atom. The van der Waals surface area contributed by atoms with Gasteiger partial charge in [0.2, 0.25) is 11.8 Å². The molecule has 0 spiro atoms. The Labute approximate surface area is 261 Å². The number of nitrogens with zero attached hydrogens (tertiary/aromatic N) is 6. The first kappa shape index (κ1) is 29.9. The maximum Gasteiger partial charge on any atom is 0.246 e. The smallest absolute Gasteiger partial charge is 0.246 e. The molecule has 3 aromatic rings. The molecule has 2 aromatic carbocycles. The molecule has 0 saturated carbocycles. The number of nitriles is 2. The average molecular weight is 611 g/mol. The molecule has 1 amide bonds. The number of carbonyl (C=O) groups is 1. The van der Waals surface area contributed by atoms with Crippen LogP contribution in [0.3, 0.4) is 0 Å². The highest BCUT2D eigenvalue weighted by atomic mass is 32.2. The topological polar surface area (TPSA) is 96.5 Å². The zero-order valence-corrected chi connectivity index (χ0v) is 25.7. The van der Waals surface area contributed by atoms with Crippen LogP contribution in [0.15, 0.2) is 47.9 Å². The summed E-state index contributed by atoms with van der Waals surface area (Å²) in [4.78, 5) is 24.4. The Kier molecular flexibility index (Phi) is 8.74. The normalized spacial score (nSPS) is 20.2. The summed E-state index contributed by atoms with van der Waals surface area (Å²) >= 11 is 1.76. The van der Waals surface area contributed by atoms with Gasteiger partial charge in [-0.05, 0) is 74.4 Å². The van der Waals surface area contributed by atoms with Crippen molar-refractivity contribution < 1.29 is 13.9 Å². The lowest BCUT2D eigenvalue weighted by Crippen LogP contribution is -2.55. The van der Waals surface area contributed by atoms with Gasteiger partial charge in [-0.2, -0.15) is 10.5 Å². The number of aromatic nitrogens is 1. The highest BCUT2D eigenvalue weighted by Gasteiger charge is 2.33. The number of carbonyl (C=O) groups excluding carboxylic acids is 1. The molecule has 3 aliphatic heterocycles. The van der Waals surface area contributed by atoms with E-state index in [9.17, 15) is 15.3 Å². The number of amides is 1. The number of likely N-dealkylation sites (N-methyl/N-ethyl adjacent to an activating group) is 1. The summed E-state index contributed by atoms with van der Waals surface area (Å²) in [5.74, 6) is 0.581. The average Bonchev–Trinajstić information content (AvgIpc) is 3.46. The van der Waals surface area contributed by atoms with Crippen LogP contribution in [0, 0.1) is 28.5 Å². The molecule has 0 radical (unpaired) electrons. The Balaban J connectivity index is 1.49. The number of aryl methyl sites for hydroxylation is 1. The number of hydrogen-bond donors (Lipinski definition) is 0. The van der Waals surface area contributed by atoms with Gasteiger partial charge >= 0.3 is 0 Å². The number of hydrogen-bond acceptors (Lipinski definition) is 8. The standard InChI is InChI=1S/C34H35FN6O2S/c1-3-31(42)41-15-14-40(20-23(41)11-12-36)32-27-17-29(35)26(25-10-4-7-22-8-6-16-44-33(22)25)18-30(27)38-34(28(32)19-37)43-21-24-9-5-13-39(24)2/h3-4,7,10,17-18,23-24H,1,5-6,8-9,11,13-16,20-21H2,2H3/t23-,24-/m0/s1. The SMILES string of the molecule is C=CC(=O)N1CCN(c2c(C#N)c(OC[C@@H]3CCCN3C)nc3cc(-c4cccc5c4SCCC5)c(F)cc23)C[C@@H]1CC#N. The van der Waals surface area contributed by atoms with Crippen LogP contribution in [-0.2, 0) is 11.2 Å². The summed E-state index contributed by atoms with van der Waals surface area (Å²) in [6.45, 7) is 6.03. The van der Waals surface area contributed by atoms with Crippen molar-refractivity contribution in [2.45, 2.75) is 49.1 Å². The first-order valence-corrected chi connectivity index (χ1v) is 16.1. The van der Waals surface area contributed by atoms with E-state index in [1.807, 2.05) is 17.0 Å². The molecule has 2 saturated heterocycles. The summed E-state index contributed by atoms with van der Waals surface area (Å²) in [6.07, 6.45) is 5.53. The molecule has 3 aliphatic rings. The van der Waals surface area contributed by atoms with Gasteiger partial charge in [-0.15, -0.1) is 11.8 Å². The lowest BCUT2D eigenvalue weighted by molar-refractivity contribution is -0.128. The highest BCUT2D eigenvalue weighted by molar-refractivity contribution is 7.99. The van der Waals surface area contributed by atoms with E-state index >= 15 is 4.39 Å². The molecule has 2 fully saturated rings. The van der Waals surface area contributed by atoms with Crippen LogP contribution in [0.25, 0.3) is 22.0 Å². The molecule has 4 heterocycles. The number of anilines is 1. The Morgan fingerprint density at radius 3 is 2.82 bits per heavy atom. The zero-order valence-electron chi connectivity index (χ0n) is 24.9. The summed E-state index contributed by atoms with van der Waals surface area (Å²) in [7, 11) is 2.07. The van der Waals surface area contributed by atoms with E-state index in [4.69, 9.17) is 9.72 Å². The molecule has 0 N–H and O–H groups in total. The van der Waals surface area contributed by atoms with E-state index in [1.54, 1.807) is 22.7 Å². The lowest BCUT2D eigenvalue weighted by Gasteiger charge is -2.42. The number of piperazine rings is 1. The summed E-state index contributed by atoms with van der Waals surface area (Å²) < 4.78 is 22.5. The lowest BCUT2D eigenvalue weighted by atomic mass is 9.97. The zero-order chi connectivity index (χ0) is 30.8. The Bertz CT molecular complexity index is 1700. The number of pyridine rings is 1. The van der Waals surface area contributed by atoms with E-state index in [1.165, 1.54) is 17.7 Å². The van der Waals surface area contributed by atoms with Gasteiger partial charge in [0.05, 0.1) is 29.7 Å². The van der Waals surface area contributed by atoms with Crippen molar-refractivity contribution in [2.75, 3.05) is 50.5 Å². The fourth-order valence-electron chi connectivity index (χ4n) is 6.70. The molecule has 6 rings (SSSR count). The van der Waals surface area contributed by atoms with Crippen molar-refractivity contribution in [1.29, 1.82) is 10.5 Å². The van der Waals surface area contributed by atoms with Crippen molar-refractivity contribution in [3.8, 4) is 29.1 Å². The minimum atomic E-state index is -0.414. The van der Waals surface area contributed by atoms with Crippen LogP contribution in [0.2, 0.25) is 0 Å².